The SMILES string of the molecule is C=CCN(CCCCC)C(=O)C1N([C@@H](CO)[C@@H](C)CC)C(=O)[C@@H]2[C@@H](C(=O)N(CC=C)CCC)[C@@]3(C)CCC12O3. The van der Waals surface area contributed by atoms with Crippen molar-refractivity contribution in [2.75, 3.05) is 32.8 Å². The zero-order valence-electron chi connectivity index (χ0n) is 24.9. The predicted octanol–water partition coefficient (Wildman–Crippen LogP) is 3.79. The topological polar surface area (TPSA) is 90.4 Å². The summed E-state index contributed by atoms with van der Waals surface area (Å²) in [5.41, 5.74) is -1.92. The van der Waals surface area contributed by atoms with Crippen LogP contribution in [0.25, 0.3) is 0 Å². The summed E-state index contributed by atoms with van der Waals surface area (Å²) < 4.78 is 6.82. The van der Waals surface area contributed by atoms with Crippen molar-refractivity contribution in [1.82, 2.24) is 14.7 Å². The van der Waals surface area contributed by atoms with Gasteiger partial charge in [-0.25, -0.2) is 0 Å². The van der Waals surface area contributed by atoms with Crippen LogP contribution in [0.5, 0.6) is 0 Å². The van der Waals surface area contributed by atoms with Gasteiger partial charge < -0.3 is 24.5 Å². The van der Waals surface area contributed by atoms with Gasteiger partial charge in [-0.3, -0.25) is 14.4 Å². The molecule has 0 aromatic heterocycles. The van der Waals surface area contributed by atoms with Crippen LogP contribution in [-0.4, -0.2) is 93.6 Å². The zero-order valence-corrected chi connectivity index (χ0v) is 24.9. The lowest BCUT2D eigenvalue weighted by molar-refractivity contribution is -0.157. The molecule has 2 unspecified atom stereocenters. The highest BCUT2D eigenvalue weighted by molar-refractivity contribution is 5.99. The van der Waals surface area contributed by atoms with E-state index in [1.54, 1.807) is 26.9 Å². The molecule has 0 saturated carbocycles. The van der Waals surface area contributed by atoms with E-state index in [4.69, 9.17) is 4.74 Å². The average molecular weight is 546 g/mol. The molecule has 1 spiro atoms. The van der Waals surface area contributed by atoms with Gasteiger partial charge in [0.15, 0.2) is 0 Å². The number of nitrogens with zero attached hydrogens (tertiary/aromatic N) is 3. The number of carbonyl (C=O) groups excluding carboxylic acids is 3. The first kappa shape index (κ1) is 31.3. The first-order valence-electron chi connectivity index (χ1n) is 15.0. The maximum Gasteiger partial charge on any atom is 0.248 e. The molecule has 39 heavy (non-hydrogen) atoms. The monoisotopic (exact) mass is 545 g/mol. The molecule has 3 aliphatic heterocycles. The summed E-state index contributed by atoms with van der Waals surface area (Å²) in [6.45, 7) is 19.4. The molecule has 0 aromatic rings. The number of likely N-dealkylation sites (tertiary alicyclic amines) is 1. The molecular formula is C31H51N3O5. The van der Waals surface area contributed by atoms with Crippen molar-refractivity contribution in [3.05, 3.63) is 25.3 Å². The third-order valence-electron chi connectivity index (χ3n) is 9.41. The Kier molecular flexibility index (Phi) is 10.4. The first-order chi connectivity index (χ1) is 18.6. The van der Waals surface area contributed by atoms with Gasteiger partial charge >= 0.3 is 0 Å². The number of hydrogen-bond donors (Lipinski definition) is 1. The van der Waals surface area contributed by atoms with Crippen molar-refractivity contribution in [1.29, 1.82) is 0 Å². The van der Waals surface area contributed by atoms with Gasteiger partial charge in [0.1, 0.15) is 11.6 Å². The molecule has 3 fully saturated rings. The van der Waals surface area contributed by atoms with E-state index >= 15 is 0 Å². The Morgan fingerprint density at radius 1 is 1.08 bits per heavy atom. The number of hydrogen-bond acceptors (Lipinski definition) is 5. The zero-order chi connectivity index (χ0) is 29.0. The number of unbranched alkanes of at least 4 members (excludes halogenated alkanes) is 2. The summed E-state index contributed by atoms with van der Waals surface area (Å²) in [5.74, 6) is -2.00. The van der Waals surface area contributed by atoms with Crippen LogP contribution in [0.4, 0.5) is 0 Å². The van der Waals surface area contributed by atoms with Gasteiger partial charge in [0.2, 0.25) is 17.7 Å². The number of ether oxygens (including phenoxy) is 1. The Bertz CT molecular complexity index is 924. The molecule has 7 atom stereocenters. The summed E-state index contributed by atoms with van der Waals surface area (Å²) >= 11 is 0. The maximum absolute atomic E-state index is 14.5. The molecule has 8 nitrogen and oxygen atoms in total. The molecule has 0 aromatic carbocycles. The summed E-state index contributed by atoms with van der Waals surface area (Å²) in [5, 5.41) is 10.5. The Balaban J connectivity index is 2.13. The van der Waals surface area contributed by atoms with E-state index < -0.39 is 35.1 Å². The van der Waals surface area contributed by atoms with Crippen LogP contribution in [0.3, 0.4) is 0 Å². The van der Waals surface area contributed by atoms with Crippen molar-refractivity contribution in [3.63, 3.8) is 0 Å². The molecule has 3 aliphatic rings. The Labute approximate surface area is 235 Å². The van der Waals surface area contributed by atoms with E-state index in [1.165, 1.54) is 0 Å². The molecule has 2 bridgehead atoms. The number of aliphatic hydroxyl groups excluding tert-OH is 1. The number of rotatable bonds is 16. The van der Waals surface area contributed by atoms with Gasteiger partial charge in [-0.1, -0.05) is 59.1 Å². The molecule has 3 saturated heterocycles. The standard InChI is InChI=1S/C31H51N3O5/c1-8-13-14-20-33(19-11-4)29(38)26-31-16-15-30(7,39-31)24(27(36)32(17-9-2)18-10-3)25(31)28(37)34(26)23(21-35)22(6)12-5/h9,11,22-26,35H,2,4,8,10,12-21H2,1,3,5-7H3/t22-,23-,24-,25-,26?,30+,31?/m0/s1. The van der Waals surface area contributed by atoms with Gasteiger partial charge in [0, 0.05) is 26.2 Å². The van der Waals surface area contributed by atoms with Crippen LogP contribution in [0.1, 0.15) is 79.6 Å². The minimum absolute atomic E-state index is 0.0308. The Hall–Kier alpha value is -2.19. The Morgan fingerprint density at radius 2 is 1.72 bits per heavy atom. The summed E-state index contributed by atoms with van der Waals surface area (Å²) in [6.07, 6.45) is 8.97. The minimum atomic E-state index is -1.10. The number of fused-ring (bicyclic) bond motifs is 1. The number of amides is 3. The normalized spacial score (nSPS) is 30.7. The smallest absolute Gasteiger partial charge is 0.248 e. The van der Waals surface area contributed by atoms with E-state index in [1.807, 2.05) is 27.7 Å². The van der Waals surface area contributed by atoms with Crippen LogP contribution in [0.15, 0.2) is 25.3 Å². The molecule has 1 N–H and O–H groups in total. The molecule has 3 rings (SSSR count). The van der Waals surface area contributed by atoms with Crippen LogP contribution in [0.2, 0.25) is 0 Å². The van der Waals surface area contributed by atoms with Crippen molar-refractivity contribution < 1.29 is 24.2 Å². The average Bonchev–Trinajstić information content (AvgIpc) is 3.48. The predicted molar refractivity (Wildman–Crippen MR) is 153 cm³/mol. The lowest BCUT2D eigenvalue weighted by atomic mass is 9.66. The fourth-order valence-corrected chi connectivity index (χ4v) is 7.28. The third kappa shape index (κ3) is 5.43. The molecule has 0 aliphatic carbocycles. The van der Waals surface area contributed by atoms with Gasteiger partial charge in [-0.05, 0) is 38.5 Å². The highest BCUT2D eigenvalue weighted by Gasteiger charge is 2.79. The summed E-state index contributed by atoms with van der Waals surface area (Å²) in [7, 11) is 0. The second-order valence-electron chi connectivity index (χ2n) is 12.0. The van der Waals surface area contributed by atoms with Crippen molar-refractivity contribution in [2.24, 2.45) is 17.8 Å². The van der Waals surface area contributed by atoms with Crippen LogP contribution in [0, 0.1) is 17.8 Å². The Morgan fingerprint density at radius 3 is 2.26 bits per heavy atom. The lowest BCUT2D eigenvalue weighted by Crippen LogP contribution is -2.60. The third-order valence-corrected chi connectivity index (χ3v) is 9.41. The lowest BCUT2D eigenvalue weighted by Gasteiger charge is -2.41. The van der Waals surface area contributed by atoms with E-state index in [9.17, 15) is 19.5 Å². The second-order valence-corrected chi connectivity index (χ2v) is 12.0. The highest BCUT2D eigenvalue weighted by Crippen LogP contribution is 2.64. The van der Waals surface area contributed by atoms with Crippen LogP contribution in [-0.2, 0) is 19.1 Å². The van der Waals surface area contributed by atoms with Crippen LogP contribution >= 0.6 is 0 Å². The maximum atomic E-state index is 14.5. The van der Waals surface area contributed by atoms with Gasteiger partial charge in [0.05, 0.1) is 30.1 Å². The van der Waals surface area contributed by atoms with Crippen molar-refractivity contribution >= 4 is 17.7 Å². The quantitative estimate of drug-likeness (QED) is 0.235. The number of carbonyl (C=O) groups is 3. The minimum Gasteiger partial charge on any atom is -0.394 e. The second kappa shape index (κ2) is 13.0. The van der Waals surface area contributed by atoms with Crippen LogP contribution < -0.4 is 0 Å². The van der Waals surface area contributed by atoms with E-state index in [-0.39, 0.29) is 30.2 Å². The molecule has 220 valence electrons. The molecular weight excluding hydrogens is 494 g/mol. The fraction of sp³-hybridized carbons (Fsp3) is 0.774. The van der Waals surface area contributed by atoms with E-state index in [2.05, 4.69) is 20.1 Å². The highest BCUT2D eigenvalue weighted by atomic mass is 16.5. The van der Waals surface area contributed by atoms with Gasteiger partial charge in [-0.2, -0.15) is 0 Å². The summed E-state index contributed by atoms with van der Waals surface area (Å²) in [6, 6.07) is -1.43. The molecule has 3 heterocycles. The van der Waals surface area contributed by atoms with E-state index in [0.29, 0.717) is 39.0 Å². The molecule has 8 heteroatoms. The largest absolute Gasteiger partial charge is 0.394 e. The molecule has 3 amide bonds. The molecule has 0 radical (unpaired) electrons. The van der Waals surface area contributed by atoms with E-state index in [0.717, 1.165) is 32.1 Å². The summed E-state index contributed by atoms with van der Waals surface area (Å²) in [4.78, 5) is 48.2. The van der Waals surface area contributed by atoms with Crippen molar-refractivity contribution in [2.45, 2.75) is 103 Å². The van der Waals surface area contributed by atoms with Crippen molar-refractivity contribution in [3.8, 4) is 0 Å². The number of aliphatic hydroxyl groups is 1. The fourth-order valence-electron chi connectivity index (χ4n) is 7.28. The van der Waals surface area contributed by atoms with Gasteiger partial charge in [-0.15, -0.1) is 13.2 Å². The first-order valence-corrected chi connectivity index (χ1v) is 15.0. The van der Waals surface area contributed by atoms with Gasteiger partial charge in [0.25, 0.3) is 0 Å².